The Bertz CT molecular complexity index is 1320. The zero-order chi connectivity index (χ0) is 24.7. The van der Waals surface area contributed by atoms with Crippen LogP contribution in [0, 0.1) is 0 Å². The van der Waals surface area contributed by atoms with Crippen molar-refractivity contribution >= 4 is 40.7 Å². The SMILES string of the molecule is CN(C)C(=O)c1nn(-c2cccc(Cl)c2)c2c1CCN(c1ccc(N3CCCCC3=O)cc1)C2=O. The molecule has 0 spiro atoms. The van der Waals surface area contributed by atoms with E-state index < -0.39 is 0 Å². The fourth-order valence-corrected chi connectivity index (χ4v) is 4.86. The molecule has 3 aromatic rings. The Hall–Kier alpha value is -3.65. The van der Waals surface area contributed by atoms with Gasteiger partial charge >= 0.3 is 0 Å². The number of hydrogen-bond acceptors (Lipinski definition) is 4. The average Bonchev–Trinajstić information content (AvgIpc) is 3.25. The molecule has 2 aromatic carbocycles. The van der Waals surface area contributed by atoms with Crippen LogP contribution >= 0.6 is 11.6 Å². The average molecular weight is 492 g/mol. The molecule has 0 radical (unpaired) electrons. The van der Waals surface area contributed by atoms with Gasteiger partial charge in [-0.25, -0.2) is 4.68 Å². The number of aromatic nitrogens is 2. The number of amides is 3. The van der Waals surface area contributed by atoms with E-state index in [1.54, 1.807) is 48.2 Å². The number of anilines is 2. The fourth-order valence-electron chi connectivity index (χ4n) is 4.68. The van der Waals surface area contributed by atoms with E-state index in [4.69, 9.17) is 11.6 Å². The first-order chi connectivity index (χ1) is 16.8. The molecule has 1 aromatic heterocycles. The summed E-state index contributed by atoms with van der Waals surface area (Å²) >= 11 is 6.21. The van der Waals surface area contributed by atoms with Crippen LogP contribution in [0.1, 0.15) is 45.8 Å². The Labute approximate surface area is 208 Å². The van der Waals surface area contributed by atoms with Crippen molar-refractivity contribution in [1.82, 2.24) is 14.7 Å². The second-order valence-corrected chi connectivity index (χ2v) is 9.43. The summed E-state index contributed by atoms with van der Waals surface area (Å²) in [6.07, 6.45) is 2.97. The smallest absolute Gasteiger partial charge is 0.277 e. The third kappa shape index (κ3) is 4.18. The molecule has 1 fully saturated rings. The molecule has 35 heavy (non-hydrogen) atoms. The number of halogens is 1. The van der Waals surface area contributed by atoms with Crippen LogP contribution in [0.3, 0.4) is 0 Å². The molecule has 0 atom stereocenters. The van der Waals surface area contributed by atoms with Gasteiger partial charge in [0.1, 0.15) is 5.69 Å². The number of carbonyl (C=O) groups excluding carboxylic acids is 3. The van der Waals surface area contributed by atoms with Gasteiger partial charge in [0.05, 0.1) is 5.69 Å². The summed E-state index contributed by atoms with van der Waals surface area (Å²) in [5, 5.41) is 5.07. The van der Waals surface area contributed by atoms with E-state index in [0.29, 0.717) is 47.9 Å². The van der Waals surface area contributed by atoms with Crippen LogP contribution in [0.15, 0.2) is 48.5 Å². The summed E-state index contributed by atoms with van der Waals surface area (Å²) in [4.78, 5) is 43.9. The van der Waals surface area contributed by atoms with Crippen LogP contribution in [0.2, 0.25) is 5.02 Å². The van der Waals surface area contributed by atoms with Crippen molar-refractivity contribution in [1.29, 1.82) is 0 Å². The summed E-state index contributed by atoms with van der Waals surface area (Å²) in [5.74, 6) is -0.358. The van der Waals surface area contributed by atoms with Gasteiger partial charge in [-0.1, -0.05) is 17.7 Å². The maximum Gasteiger partial charge on any atom is 0.277 e. The van der Waals surface area contributed by atoms with Gasteiger partial charge in [-0.3, -0.25) is 14.4 Å². The third-order valence-electron chi connectivity index (χ3n) is 6.47. The van der Waals surface area contributed by atoms with Crippen LogP contribution in [0.5, 0.6) is 0 Å². The van der Waals surface area contributed by atoms with Gasteiger partial charge in [0.15, 0.2) is 5.69 Å². The fraction of sp³-hybridized carbons (Fsp3) is 0.308. The first kappa shape index (κ1) is 23.1. The molecule has 180 valence electrons. The Morgan fingerprint density at radius 3 is 2.29 bits per heavy atom. The number of fused-ring (bicyclic) bond motifs is 1. The Morgan fingerprint density at radius 1 is 0.914 bits per heavy atom. The van der Waals surface area contributed by atoms with Crippen LogP contribution in [-0.4, -0.2) is 59.6 Å². The maximum absolute atomic E-state index is 13.8. The first-order valence-corrected chi connectivity index (χ1v) is 12.0. The van der Waals surface area contributed by atoms with Gasteiger partial charge < -0.3 is 14.7 Å². The number of hydrogen-bond donors (Lipinski definition) is 0. The van der Waals surface area contributed by atoms with E-state index in [-0.39, 0.29) is 23.4 Å². The van der Waals surface area contributed by atoms with Crippen LogP contribution in [0.25, 0.3) is 5.69 Å². The molecule has 0 saturated carbocycles. The molecular weight excluding hydrogens is 466 g/mol. The standard InChI is InChI=1S/C26H26ClN5O3/c1-29(2)25(34)23-21-13-15-31(19-11-9-18(10-12-19)30-14-4-3-8-22(30)33)26(35)24(21)32(28-23)20-7-5-6-17(27)16-20/h5-7,9-12,16H,3-4,8,13-15H2,1-2H3. The van der Waals surface area contributed by atoms with E-state index in [9.17, 15) is 14.4 Å². The largest absolute Gasteiger partial charge is 0.343 e. The molecule has 3 amide bonds. The number of carbonyl (C=O) groups is 3. The molecule has 0 aliphatic carbocycles. The lowest BCUT2D eigenvalue weighted by atomic mass is 10.0. The predicted molar refractivity (Wildman–Crippen MR) is 135 cm³/mol. The normalized spacial score (nSPS) is 15.9. The summed E-state index contributed by atoms with van der Waals surface area (Å²) in [6, 6.07) is 14.6. The van der Waals surface area contributed by atoms with Crippen molar-refractivity contribution in [3.8, 4) is 5.69 Å². The first-order valence-electron chi connectivity index (χ1n) is 11.7. The molecule has 2 aliphatic rings. The van der Waals surface area contributed by atoms with E-state index >= 15 is 0 Å². The molecule has 9 heteroatoms. The van der Waals surface area contributed by atoms with Gasteiger partial charge in [0.25, 0.3) is 11.8 Å². The number of nitrogens with zero attached hydrogens (tertiary/aromatic N) is 5. The van der Waals surface area contributed by atoms with Crippen molar-refractivity contribution in [2.45, 2.75) is 25.7 Å². The summed E-state index contributed by atoms with van der Waals surface area (Å²) in [5.41, 5.74) is 3.46. The minimum absolute atomic E-state index is 0.131. The quantitative estimate of drug-likeness (QED) is 0.553. The van der Waals surface area contributed by atoms with Crippen molar-refractivity contribution in [2.75, 3.05) is 37.0 Å². The lowest BCUT2D eigenvalue weighted by Gasteiger charge is -2.30. The van der Waals surface area contributed by atoms with Gasteiger partial charge in [-0.05, 0) is 61.7 Å². The molecule has 0 N–H and O–H groups in total. The van der Waals surface area contributed by atoms with Gasteiger partial charge in [-0.2, -0.15) is 5.10 Å². The highest BCUT2D eigenvalue weighted by molar-refractivity contribution is 6.30. The zero-order valence-electron chi connectivity index (χ0n) is 19.7. The van der Waals surface area contributed by atoms with E-state index in [0.717, 1.165) is 24.2 Å². The lowest BCUT2D eigenvalue weighted by molar-refractivity contribution is -0.119. The Balaban J connectivity index is 1.52. The van der Waals surface area contributed by atoms with Crippen LogP contribution < -0.4 is 9.80 Å². The summed E-state index contributed by atoms with van der Waals surface area (Å²) < 4.78 is 1.52. The molecular formula is C26H26ClN5O3. The van der Waals surface area contributed by atoms with Crippen molar-refractivity contribution < 1.29 is 14.4 Å². The molecule has 3 heterocycles. The number of rotatable bonds is 4. The Morgan fingerprint density at radius 2 is 1.63 bits per heavy atom. The van der Waals surface area contributed by atoms with Crippen molar-refractivity contribution in [3.63, 3.8) is 0 Å². The highest BCUT2D eigenvalue weighted by atomic mass is 35.5. The number of piperidine rings is 1. The molecule has 5 rings (SSSR count). The number of benzene rings is 2. The van der Waals surface area contributed by atoms with E-state index in [1.807, 2.05) is 24.3 Å². The second kappa shape index (κ2) is 9.19. The van der Waals surface area contributed by atoms with E-state index in [2.05, 4.69) is 5.10 Å². The maximum atomic E-state index is 13.8. The molecule has 8 nitrogen and oxygen atoms in total. The van der Waals surface area contributed by atoms with Gasteiger partial charge in [0.2, 0.25) is 5.91 Å². The van der Waals surface area contributed by atoms with Crippen LogP contribution in [0.4, 0.5) is 11.4 Å². The minimum Gasteiger partial charge on any atom is -0.343 e. The van der Waals surface area contributed by atoms with Gasteiger partial charge in [0, 0.05) is 55.6 Å². The topological polar surface area (TPSA) is 78.8 Å². The van der Waals surface area contributed by atoms with Crippen LogP contribution in [-0.2, 0) is 11.2 Å². The second-order valence-electron chi connectivity index (χ2n) is 8.99. The van der Waals surface area contributed by atoms with Crippen molar-refractivity contribution in [2.24, 2.45) is 0 Å². The minimum atomic E-state index is -0.251. The third-order valence-corrected chi connectivity index (χ3v) is 6.71. The van der Waals surface area contributed by atoms with Crippen molar-refractivity contribution in [3.05, 3.63) is 70.5 Å². The highest BCUT2D eigenvalue weighted by Gasteiger charge is 2.35. The molecule has 2 aliphatic heterocycles. The highest BCUT2D eigenvalue weighted by Crippen LogP contribution is 2.31. The van der Waals surface area contributed by atoms with Gasteiger partial charge in [-0.15, -0.1) is 0 Å². The molecule has 0 bridgehead atoms. The summed E-state index contributed by atoms with van der Waals surface area (Å²) in [7, 11) is 3.33. The monoisotopic (exact) mass is 491 g/mol. The zero-order valence-corrected chi connectivity index (χ0v) is 20.5. The summed E-state index contributed by atoms with van der Waals surface area (Å²) in [6.45, 7) is 1.13. The Kier molecular flexibility index (Phi) is 6.06. The van der Waals surface area contributed by atoms with E-state index in [1.165, 1.54) is 9.58 Å². The predicted octanol–water partition coefficient (Wildman–Crippen LogP) is 3.95. The molecule has 1 saturated heterocycles. The lowest BCUT2D eigenvalue weighted by Crippen LogP contribution is -2.39. The molecule has 0 unspecified atom stereocenters.